The normalized spacial score (nSPS) is 19.0. The zero-order chi connectivity index (χ0) is 35.3. The lowest BCUT2D eigenvalue weighted by molar-refractivity contribution is -0.152. The Morgan fingerprint density at radius 2 is 1.73 bits per heavy atom. The van der Waals surface area contributed by atoms with Gasteiger partial charge in [-0.25, -0.2) is 4.79 Å². The van der Waals surface area contributed by atoms with Crippen molar-refractivity contribution in [2.24, 2.45) is 5.92 Å². The fourth-order valence-corrected chi connectivity index (χ4v) is 5.77. The van der Waals surface area contributed by atoms with Crippen LogP contribution < -0.4 is 14.2 Å². The Balaban J connectivity index is 1.70. The number of esters is 1. The highest BCUT2D eigenvalue weighted by Gasteiger charge is 2.43. The molecule has 2 aromatic carbocycles. The summed E-state index contributed by atoms with van der Waals surface area (Å²) in [7, 11) is 3.29. The molecule has 0 amide bonds. The third-order valence-electron chi connectivity index (χ3n) is 7.63. The van der Waals surface area contributed by atoms with Crippen LogP contribution in [0.2, 0.25) is 25.7 Å². The summed E-state index contributed by atoms with van der Waals surface area (Å²) in [6, 6.07) is 12.0. The number of ether oxygens (including phenoxy) is 8. The first-order chi connectivity index (χ1) is 22.7. The highest BCUT2D eigenvalue weighted by molar-refractivity contribution is 6.76. The van der Waals surface area contributed by atoms with Gasteiger partial charge in [-0.3, -0.25) is 0 Å². The van der Waals surface area contributed by atoms with E-state index in [9.17, 15) is 9.90 Å². The highest BCUT2D eigenvalue weighted by Crippen LogP contribution is 2.34. The van der Waals surface area contributed by atoms with Crippen molar-refractivity contribution in [1.29, 1.82) is 0 Å². The van der Waals surface area contributed by atoms with Gasteiger partial charge in [-0.15, -0.1) is 0 Å². The molecule has 0 aliphatic carbocycles. The standard InChI is InChI=1S/C37H54O10Si/c1-26(23-43-24-27-14-16-29(41-5)17-15-27)13-18-31(38)35-32(46-37(2,3)47-35)12-10-11-28-21-30(42-6)22-33(45-25-40-4)34(28)36(39)44-19-20-48(7,8)9/h10-11,13-18,21-22,26,31-32,35,38H,12,19-20,23-25H2,1-9H3/t26-,31?,32-,35+/m0/s1. The lowest BCUT2D eigenvalue weighted by atomic mass is 10.0. The molecule has 48 heavy (non-hydrogen) atoms. The molecule has 1 aliphatic rings. The van der Waals surface area contributed by atoms with Crippen molar-refractivity contribution in [3.05, 3.63) is 71.3 Å². The van der Waals surface area contributed by atoms with Gasteiger partial charge in [0, 0.05) is 21.3 Å². The molecule has 1 fully saturated rings. The van der Waals surface area contributed by atoms with Gasteiger partial charge in [0.05, 0.1) is 40.1 Å². The van der Waals surface area contributed by atoms with Gasteiger partial charge in [0.15, 0.2) is 12.6 Å². The zero-order valence-electron chi connectivity index (χ0n) is 29.9. The second-order valence-corrected chi connectivity index (χ2v) is 19.2. The number of hydrogen-bond acceptors (Lipinski definition) is 10. The molecule has 1 aliphatic heterocycles. The van der Waals surface area contributed by atoms with Crippen LogP contribution in [0.4, 0.5) is 0 Å². The minimum absolute atomic E-state index is 0.0473. The SMILES string of the molecule is COCOc1cc(OC)cc(C=CC[C@@H]2OC(C)(C)O[C@@H]2C(O)C=C[C@H](C)COCc2ccc(OC)cc2)c1C(=O)OCC[Si](C)(C)C. The summed E-state index contributed by atoms with van der Waals surface area (Å²) in [5.74, 6) is 0.325. The van der Waals surface area contributed by atoms with Crippen LogP contribution in [0.25, 0.3) is 6.08 Å². The Bertz CT molecular complexity index is 1350. The van der Waals surface area contributed by atoms with E-state index < -0.39 is 38.1 Å². The van der Waals surface area contributed by atoms with Crippen LogP contribution in [0.15, 0.2) is 54.6 Å². The minimum Gasteiger partial charge on any atom is -0.497 e. The second-order valence-electron chi connectivity index (χ2n) is 13.6. The van der Waals surface area contributed by atoms with E-state index in [1.54, 1.807) is 32.4 Å². The number of rotatable bonds is 19. The Labute approximate surface area is 286 Å². The van der Waals surface area contributed by atoms with E-state index >= 15 is 0 Å². The van der Waals surface area contributed by atoms with Crippen molar-refractivity contribution in [3.8, 4) is 17.2 Å². The predicted octanol–water partition coefficient (Wildman–Crippen LogP) is 6.87. The molecular formula is C37H54O10Si. The summed E-state index contributed by atoms with van der Waals surface area (Å²) in [6.07, 6.45) is 5.83. The van der Waals surface area contributed by atoms with Crippen LogP contribution >= 0.6 is 0 Å². The molecule has 0 aromatic heterocycles. The average molecular weight is 687 g/mol. The summed E-state index contributed by atoms with van der Waals surface area (Å²) in [5, 5.41) is 11.1. The van der Waals surface area contributed by atoms with E-state index in [1.165, 1.54) is 7.11 Å². The van der Waals surface area contributed by atoms with Gasteiger partial charge in [0.1, 0.15) is 35.0 Å². The van der Waals surface area contributed by atoms with Crippen molar-refractivity contribution in [2.75, 3.05) is 41.3 Å². The lowest BCUT2D eigenvalue weighted by Crippen LogP contribution is -2.34. The number of benzene rings is 2. The van der Waals surface area contributed by atoms with Crippen molar-refractivity contribution in [2.45, 2.75) is 83.6 Å². The van der Waals surface area contributed by atoms with Crippen LogP contribution in [0, 0.1) is 5.92 Å². The Hall–Kier alpha value is -3.19. The fraction of sp³-hybridized carbons (Fsp3) is 0.541. The molecule has 1 unspecified atom stereocenters. The van der Waals surface area contributed by atoms with Gasteiger partial charge in [-0.1, -0.05) is 63.0 Å². The Kier molecular flexibility index (Phi) is 15.2. The van der Waals surface area contributed by atoms with Gasteiger partial charge >= 0.3 is 5.97 Å². The third kappa shape index (κ3) is 12.7. The molecule has 0 bridgehead atoms. The van der Waals surface area contributed by atoms with Crippen molar-refractivity contribution in [3.63, 3.8) is 0 Å². The molecule has 3 rings (SSSR count). The second kappa shape index (κ2) is 18.5. The third-order valence-corrected chi connectivity index (χ3v) is 9.34. The molecule has 10 nitrogen and oxygen atoms in total. The van der Waals surface area contributed by atoms with Crippen molar-refractivity contribution in [1.82, 2.24) is 0 Å². The zero-order valence-corrected chi connectivity index (χ0v) is 30.9. The van der Waals surface area contributed by atoms with Gasteiger partial charge in [0.2, 0.25) is 0 Å². The quantitative estimate of drug-likeness (QED) is 0.0727. The molecule has 0 radical (unpaired) electrons. The van der Waals surface area contributed by atoms with E-state index in [2.05, 4.69) is 19.6 Å². The van der Waals surface area contributed by atoms with E-state index in [0.717, 1.165) is 17.4 Å². The summed E-state index contributed by atoms with van der Waals surface area (Å²) in [5.41, 5.74) is 1.91. The summed E-state index contributed by atoms with van der Waals surface area (Å²) < 4.78 is 45.5. The first-order valence-electron chi connectivity index (χ1n) is 16.4. The topological polar surface area (TPSA) is 111 Å². The lowest BCUT2D eigenvalue weighted by Gasteiger charge is -2.20. The highest BCUT2D eigenvalue weighted by atomic mass is 28.3. The number of carbonyl (C=O) groups excluding carboxylic acids is 1. The number of carbonyl (C=O) groups is 1. The predicted molar refractivity (Wildman–Crippen MR) is 188 cm³/mol. The van der Waals surface area contributed by atoms with Crippen molar-refractivity contribution < 1.29 is 47.8 Å². The molecule has 4 atom stereocenters. The molecule has 1 saturated heterocycles. The Morgan fingerprint density at radius 1 is 1.02 bits per heavy atom. The van der Waals surface area contributed by atoms with E-state index in [1.807, 2.05) is 63.3 Å². The van der Waals surface area contributed by atoms with Crippen LogP contribution in [0.1, 0.15) is 48.7 Å². The average Bonchev–Trinajstić information content (AvgIpc) is 3.35. The minimum atomic E-state index is -1.41. The molecular weight excluding hydrogens is 632 g/mol. The van der Waals surface area contributed by atoms with Crippen LogP contribution in [0.5, 0.6) is 17.2 Å². The molecule has 1 heterocycles. The van der Waals surface area contributed by atoms with Gasteiger partial charge in [0.25, 0.3) is 0 Å². The molecule has 11 heteroatoms. The first-order valence-corrected chi connectivity index (χ1v) is 20.1. The monoisotopic (exact) mass is 686 g/mol. The Morgan fingerprint density at radius 3 is 2.38 bits per heavy atom. The van der Waals surface area contributed by atoms with Crippen LogP contribution in [-0.2, 0) is 30.3 Å². The van der Waals surface area contributed by atoms with Gasteiger partial charge in [-0.05, 0) is 61.6 Å². The van der Waals surface area contributed by atoms with E-state index in [4.69, 9.17) is 37.9 Å². The maximum atomic E-state index is 13.4. The number of aliphatic hydroxyl groups is 1. The number of methoxy groups -OCH3 is 3. The maximum absolute atomic E-state index is 13.4. The van der Waals surface area contributed by atoms with E-state index in [0.29, 0.717) is 43.3 Å². The molecule has 2 aromatic rings. The van der Waals surface area contributed by atoms with Gasteiger partial charge < -0.3 is 43.0 Å². The summed E-state index contributed by atoms with van der Waals surface area (Å²) in [4.78, 5) is 13.4. The van der Waals surface area contributed by atoms with Crippen LogP contribution in [0.3, 0.4) is 0 Å². The maximum Gasteiger partial charge on any atom is 0.342 e. The van der Waals surface area contributed by atoms with Gasteiger partial charge in [-0.2, -0.15) is 0 Å². The smallest absolute Gasteiger partial charge is 0.342 e. The molecule has 0 spiro atoms. The largest absolute Gasteiger partial charge is 0.497 e. The molecule has 1 N–H and O–H groups in total. The first kappa shape index (κ1) is 39.2. The molecule has 266 valence electrons. The van der Waals surface area contributed by atoms with Crippen LogP contribution in [-0.4, -0.2) is 84.6 Å². The number of aliphatic hydroxyl groups excluding tert-OH is 1. The van der Waals surface area contributed by atoms with E-state index in [-0.39, 0.29) is 18.3 Å². The molecule has 0 saturated carbocycles. The van der Waals surface area contributed by atoms with Crippen molar-refractivity contribution >= 4 is 20.1 Å². The number of hydrogen-bond donors (Lipinski definition) is 1. The summed E-state index contributed by atoms with van der Waals surface area (Å²) >= 11 is 0. The summed E-state index contributed by atoms with van der Waals surface area (Å²) in [6.45, 7) is 13.6. The fourth-order valence-electron chi connectivity index (χ4n) is 5.05.